The van der Waals surface area contributed by atoms with E-state index >= 15 is 0 Å². The van der Waals surface area contributed by atoms with E-state index < -0.39 is 48.1 Å². The van der Waals surface area contributed by atoms with Gasteiger partial charge in [0.05, 0.1) is 32.8 Å². The fourth-order valence-electron chi connectivity index (χ4n) is 7.12. The van der Waals surface area contributed by atoms with Gasteiger partial charge in [-0.05, 0) is 38.5 Å². The average molecular weight is 944 g/mol. The summed E-state index contributed by atoms with van der Waals surface area (Å²) in [4.78, 5) is 76.2. The van der Waals surface area contributed by atoms with E-state index in [1.54, 1.807) is 0 Å². The van der Waals surface area contributed by atoms with Gasteiger partial charge in [-0.3, -0.25) is 9.59 Å². The summed E-state index contributed by atoms with van der Waals surface area (Å²) >= 11 is 0. The molecule has 2 atom stereocenters. The highest BCUT2D eigenvalue weighted by Gasteiger charge is 2.26. The second-order valence-corrected chi connectivity index (χ2v) is 17.1. The first kappa shape index (κ1) is 62.3. The fraction of sp³-hybridized carbons (Fsp3) is 0.880. The first-order valence-electron chi connectivity index (χ1n) is 25.8. The van der Waals surface area contributed by atoms with Crippen molar-refractivity contribution in [3.05, 3.63) is 0 Å². The summed E-state index contributed by atoms with van der Waals surface area (Å²) in [5.74, 6) is -2.44. The van der Waals surface area contributed by atoms with E-state index in [2.05, 4.69) is 29.8 Å². The Morgan fingerprint density at radius 2 is 0.803 bits per heavy atom. The number of hydrogen-bond acceptors (Lipinski definition) is 13. The summed E-state index contributed by atoms with van der Waals surface area (Å²) < 4.78 is 36.1. The standard InChI is InChI=1S/C50H93N3O13/c1-5-7-9-11-13-15-17-19-21-23-25-29-36-62-46(55)33-32-44(48(57)63-37-30-26-24-22-20-18-16-14-12-10-8-6-2)52-45(54)34-38-64-47(56)43(53-50(59)66-42-40-61-4)31-27-28-35-51-49(58)65-41-39-60-3/h43-44H,5-42H2,1-4H3,(H,51,58)(H,52,54)(H,53,59). The van der Waals surface area contributed by atoms with E-state index in [9.17, 15) is 28.8 Å². The van der Waals surface area contributed by atoms with Crippen LogP contribution in [0.3, 0.4) is 0 Å². The van der Waals surface area contributed by atoms with Crippen molar-refractivity contribution in [2.24, 2.45) is 0 Å². The van der Waals surface area contributed by atoms with Crippen LogP contribution in [0.2, 0.25) is 0 Å². The van der Waals surface area contributed by atoms with E-state index in [-0.39, 0.29) is 71.9 Å². The number of carbonyl (C=O) groups excluding carboxylic acids is 6. The molecule has 3 amide bonds. The molecule has 66 heavy (non-hydrogen) atoms. The molecular formula is C50H93N3O13. The Kier molecular flexibility index (Phi) is 45.2. The number of rotatable bonds is 47. The van der Waals surface area contributed by atoms with Crippen LogP contribution in [-0.4, -0.2) is 115 Å². The minimum Gasteiger partial charge on any atom is -0.466 e. The number of methoxy groups -OCH3 is 2. The van der Waals surface area contributed by atoms with Gasteiger partial charge in [-0.2, -0.15) is 0 Å². The van der Waals surface area contributed by atoms with Crippen LogP contribution in [0.1, 0.15) is 206 Å². The van der Waals surface area contributed by atoms with Gasteiger partial charge in [0.2, 0.25) is 5.91 Å². The van der Waals surface area contributed by atoms with Crippen molar-refractivity contribution < 1.29 is 61.9 Å². The van der Waals surface area contributed by atoms with Crippen LogP contribution in [0.5, 0.6) is 0 Å². The maximum atomic E-state index is 13.2. The first-order valence-corrected chi connectivity index (χ1v) is 25.8. The molecule has 0 rings (SSSR count). The van der Waals surface area contributed by atoms with Gasteiger partial charge in [-0.15, -0.1) is 0 Å². The van der Waals surface area contributed by atoms with Crippen LogP contribution in [0.4, 0.5) is 9.59 Å². The number of alkyl carbamates (subject to hydrolysis) is 2. The van der Waals surface area contributed by atoms with Crippen LogP contribution in [-0.2, 0) is 52.3 Å². The zero-order valence-corrected chi connectivity index (χ0v) is 41.8. The average Bonchev–Trinajstić information content (AvgIpc) is 3.30. The van der Waals surface area contributed by atoms with Gasteiger partial charge >= 0.3 is 30.1 Å². The Hall–Kier alpha value is -3.66. The normalized spacial score (nSPS) is 11.9. The Labute approximate surface area is 398 Å². The van der Waals surface area contributed by atoms with Crippen molar-refractivity contribution in [2.75, 3.05) is 67.0 Å². The van der Waals surface area contributed by atoms with Gasteiger partial charge in [0.25, 0.3) is 0 Å². The van der Waals surface area contributed by atoms with Gasteiger partial charge in [0, 0.05) is 27.2 Å². The number of ether oxygens (including phenoxy) is 7. The lowest BCUT2D eigenvalue weighted by Gasteiger charge is -2.19. The van der Waals surface area contributed by atoms with Crippen LogP contribution >= 0.6 is 0 Å². The van der Waals surface area contributed by atoms with E-state index in [1.807, 2.05) is 0 Å². The molecule has 16 heteroatoms. The molecule has 0 aromatic carbocycles. The predicted octanol–water partition coefficient (Wildman–Crippen LogP) is 9.96. The molecule has 16 nitrogen and oxygen atoms in total. The Balaban J connectivity index is 5.01. The Morgan fingerprint density at radius 1 is 0.379 bits per heavy atom. The molecule has 3 N–H and O–H groups in total. The van der Waals surface area contributed by atoms with Gasteiger partial charge in [0.1, 0.15) is 31.9 Å². The van der Waals surface area contributed by atoms with Crippen LogP contribution in [0.15, 0.2) is 0 Å². The Morgan fingerprint density at radius 3 is 1.29 bits per heavy atom. The van der Waals surface area contributed by atoms with Crippen LogP contribution in [0.25, 0.3) is 0 Å². The quantitative estimate of drug-likeness (QED) is 0.0296. The van der Waals surface area contributed by atoms with Gasteiger partial charge in [-0.1, -0.05) is 155 Å². The van der Waals surface area contributed by atoms with E-state index in [0.29, 0.717) is 25.9 Å². The minimum absolute atomic E-state index is 0.00298. The van der Waals surface area contributed by atoms with E-state index in [1.165, 1.54) is 123 Å². The largest absolute Gasteiger partial charge is 0.466 e. The zero-order valence-electron chi connectivity index (χ0n) is 41.8. The zero-order chi connectivity index (χ0) is 48.6. The maximum Gasteiger partial charge on any atom is 0.407 e. The lowest BCUT2D eigenvalue weighted by molar-refractivity contribution is -0.151. The maximum absolute atomic E-state index is 13.2. The lowest BCUT2D eigenvalue weighted by Crippen LogP contribution is -2.44. The molecule has 2 unspecified atom stereocenters. The SMILES string of the molecule is CCCCCCCCCCCCCCOC(=O)CCC(NC(=O)CCOC(=O)C(CCCCNC(=O)OCCOC)NC(=O)OCCOC)C(=O)OCCCCCCCCCCCCCC. The molecule has 0 aromatic rings. The number of esters is 3. The molecule has 0 bridgehead atoms. The summed E-state index contributed by atoms with van der Waals surface area (Å²) in [6, 6.07) is -2.19. The fourth-order valence-corrected chi connectivity index (χ4v) is 7.12. The molecule has 0 aliphatic heterocycles. The molecule has 0 aliphatic rings. The topological polar surface area (TPSA) is 203 Å². The van der Waals surface area contributed by atoms with Crippen molar-refractivity contribution in [1.29, 1.82) is 0 Å². The summed E-state index contributed by atoms with van der Waals surface area (Å²) in [7, 11) is 2.96. The van der Waals surface area contributed by atoms with Crippen LogP contribution < -0.4 is 16.0 Å². The minimum atomic E-state index is -1.10. The van der Waals surface area contributed by atoms with Crippen molar-refractivity contribution in [2.45, 2.75) is 219 Å². The molecular weight excluding hydrogens is 851 g/mol. The molecule has 386 valence electrons. The van der Waals surface area contributed by atoms with Crippen LogP contribution in [0, 0.1) is 0 Å². The summed E-state index contributed by atoms with van der Waals surface area (Å²) in [6.07, 6.45) is 27.8. The third kappa shape index (κ3) is 41.7. The molecule has 0 saturated carbocycles. The number of carbonyl (C=O) groups is 6. The number of unbranched alkanes of at least 4 members (excludes halogenated alkanes) is 23. The van der Waals surface area contributed by atoms with Crippen molar-refractivity contribution in [1.82, 2.24) is 16.0 Å². The third-order valence-corrected chi connectivity index (χ3v) is 11.1. The second-order valence-electron chi connectivity index (χ2n) is 17.1. The molecule has 0 heterocycles. The summed E-state index contributed by atoms with van der Waals surface area (Å²) in [5, 5.41) is 7.75. The monoisotopic (exact) mass is 944 g/mol. The highest BCUT2D eigenvalue weighted by molar-refractivity contribution is 5.85. The predicted molar refractivity (Wildman–Crippen MR) is 256 cm³/mol. The van der Waals surface area contributed by atoms with Gasteiger partial charge < -0.3 is 49.1 Å². The van der Waals surface area contributed by atoms with E-state index in [4.69, 9.17) is 33.2 Å². The van der Waals surface area contributed by atoms with E-state index in [0.717, 1.165) is 38.5 Å². The van der Waals surface area contributed by atoms with Gasteiger partial charge in [-0.25, -0.2) is 19.2 Å². The molecule has 0 fully saturated rings. The number of amides is 3. The number of nitrogens with one attached hydrogen (secondary N) is 3. The smallest absolute Gasteiger partial charge is 0.407 e. The highest BCUT2D eigenvalue weighted by atomic mass is 16.6. The van der Waals surface area contributed by atoms with Crippen molar-refractivity contribution >= 4 is 36.0 Å². The lowest BCUT2D eigenvalue weighted by atomic mass is 10.1. The van der Waals surface area contributed by atoms with Crippen molar-refractivity contribution in [3.8, 4) is 0 Å². The molecule has 0 saturated heterocycles. The second kappa shape index (κ2) is 47.8. The molecule has 0 radical (unpaired) electrons. The van der Waals surface area contributed by atoms with Crippen molar-refractivity contribution in [3.63, 3.8) is 0 Å². The molecule has 0 aromatic heterocycles. The third-order valence-electron chi connectivity index (χ3n) is 11.1. The number of hydrogen-bond donors (Lipinski definition) is 3. The summed E-state index contributed by atoms with van der Waals surface area (Å²) in [5.41, 5.74) is 0. The summed E-state index contributed by atoms with van der Waals surface area (Å²) in [6.45, 7) is 5.44. The Bertz CT molecular complexity index is 1210. The first-order chi connectivity index (χ1) is 32.2. The molecule has 0 aliphatic carbocycles. The van der Waals surface area contributed by atoms with Gasteiger partial charge in [0.15, 0.2) is 0 Å². The molecule has 0 spiro atoms. The highest BCUT2D eigenvalue weighted by Crippen LogP contribution is 2.14.